The fraction of sp³-hybridized carbons (Fsp3) is 0.458. The molecular weight excluding hydrogens is 372 g/mol. The molecule has 1 amide bonds. The zero-order chi connectivity index (χ0) is 20.3. The summed E-state index contributed by atoms with van der Waals surface area (Å²) in [6.45, 7) is 1.17. The van der Waals surface area contributed by atoms with E-state index in [1.165, 1.54) is 18.9 Å². The van der Waals surface area contributed by atoms with Gasteiger partial charge in [-0.1, -0.05) is 43.2 Å². The van der Waals surface area contributed by atoms with Gasteiger partial charge in [0.05, 0.1) is 5.41 Å². The van der Waals surface area contributed by atoms with Crippen molar-refractivity contribution in [2.24, 2.45) is 5.41 Å². The standard InChI is InChI=1S/C24H27F2NO2/c25-21-9-8-19(15-22(21)26)18-5-3-4-17(14-18)16-24(10-12-29-13-11-24)23(28)27-20-6-1-2-7-20/h3-5,8-9,14-15,20H,1-2,6-7,10-13,16H2,(H,27,28). The summed E-state index contributed by atoms with van der Waals surface area (Å²) in [5, 5.41) is 3.28. The van der Waals surface area contributed by atoms with E-state index in [0.29, 0.717) is 38.0 Å². The second-order valence-corrected chi connectivity index (χ2v) is 8.35. The lowest BCUT2D eigenvalue weighted by molar-refractivity contribution is -0.137. The molecule has 2 aromatic carbocycles. The summed E-state index contributed by atoms with van der Waals surface area (Å²) in [6.07, 6.45) is 6.48. The molecule has 1 saturated heterocycles. The maximum atomic E-state index is 13.7. The van der Waals surface area contributed by atoms with E-state index in [1.54, 1.807) is 6.07 Å². The molecule has 2 fully saturated rings. The Morgan fingerprint density at radius 2 is 1.72 bits per heavy atom. The number of carbonyl (C=O) groups is 1. The Kier molecular flexibility index (Phi) is 5.95. The molecule has 29 heavy (non-hydrogen) atoms. The molecule has 4 rings (SSSR count). The molecule has 3 nitrogen and oxygen atoms in total. The van der Waals surface area contributed by atoms with Crippen LogP contribution in [-0.2, 0) is 16.0 Å². The van der Waals surface area contributed by atoms with E-state index in [4.69, 9.17) is 4.74 Å². The van der Waals surface area contributed by atoms with Gasteiger partial charge in [0.25, 0.3) is 0 Å². The molecule has 0 atom stereocenters. The highest BCUT2D eigenvalue weighted by molar-refractivity contribution is 5.83. The average molecular weight is 399 g/mol. The van der Waals surface area contributed by atoms with Crippen molar-refractivity contribution in [2.45, 2.75) is 51.0 Å². The van der Waals surface area contributed by atoms with Crippen molar-refractivity contribution in [3.05, 3.63) is 59.7 Å². The average Bonchev–Trinajstić information content (AvgIpc) is 3.24. The van der Waals surface area contributed by atoms with Gasteiger partial charge in [-0.3, -0.25) is 4.79 Å². The van der Waals surface area contributed by atoms with Gasteiger partial charge in [-0.05, 0) is 60.9 Å². The van der Waals surface area contributed by atoms with Gasteiger partial charge in [-0.25, -0.2) is 8.78 Å². The topological polar surface area (TPSA) is 38.3 Å². The number of halogens is 2. The van der Waals surface area contributed by atoms with Gasteiger partial charge in [0.2, 0.25) is 5.91 Å². The summed E-state index contributed by atoms with van der Waals surface area (Å²) < 4.78 is 32.5. The van der Waals surface area contributed by atoms with Crippen LogP contribution in [0.1, 0.15) is 44.1 Å². The highest BCUT2D eigenvalue weighted by Crippen LogP contribution is 2.36. The van der Waals surface area contributed by atoms with Crippen molar-refractivity contribution in [1.29, 1.82) is 0 Å². The lowest BCUT2D eigenvalue weighted by atomic mass is 9.74. The number of benzene rings is 2. The predicted molar refractivity (Wildman–Crippen MR) is 108 cm³/mol. The number of hydrogen-bond acceptors (Lipinski definition) is 2. The number of nitrogens with one attached hydrogen (secondary N) is 1. The Morgan fingerprint density at radius 1 is 1.00 bits per heavy atom. The Hall–Kier alpha value is -2.27. The van der Waals surface area contributed by atoms with E-state index < -0.39 is 17.0 Å². The van der Waals surface area contributed by atoms with E-state index in [2.05, 4.69) is 5.32 Å². The van der Waals surface area contributed by atoms with E-state index in [0.717, 1.165) is 30.0 Å². The third-order valence-electron chi connectivity index (χ3n) is 6.34. The first-order valence-corrected chi connectivity index (χ1v) is 10.5. The normalized spacial score (nSPS) is 19.2. The first-order valence-electron chi connectivity index (χ1n) is 10.5. The van der Waals surface area contributed by atoms with Crippen LogP contribution in [0.2, 0.25) is 0 Å². The van der Waals surface area contributed by atoms with Crippen LogP contribution in [0.25, 0.3) is 11.1 Å². The second-order valence-electron chi connectivity index (χ2n) is 8.35. The van der Waals surface area contributed by atoms with Crippen LogP contribution in [0.4, 0.5) is 8.78 Å². The Labute approximate surface area is 170 Å². The summed E-state index contributed by atoms with van der Waals surface area (Å²) in [5.41, 5.74) is 1.99. The third kappa shape index (κ3) is 4.50. The van der Waals surface area contributed by atoms with Gasteiger partial charge in [-0.15, -0.1) is 0 Å². The molecule has 0 aromatic heterocycles. The minimum atomic E-state index is -0.857. The van der Waals surface area contributed by atoms with Crippen LogP contribution >= 0.6 is 0 Å². The molecule has 0 spiro atoms. The molecule has 1 aliphatic heterocycles. The zero-order valence-corrected chi connectivity index (χ0v) is 16.6. The molecule has 1 aliphatic carbocycles. The minimum Gasteiger partial charge on any atom is -0.381 e. The first kappa shape index (κ1) is 20.0. The lowest BCUT2D eigenvalue weighted by Gasteiger charge is -2.37. The number of ether oxygens (including phenoxy) is 1. The number of rotatable bonds is 5. The Bertz CT molecular complexity index is 871. The van der Waals surface area contributed by atoms with Gasteiger partial charge in [0.15, 0.2) is 11.6 Å². The molecule has 0 radical (unpaired) electrons. The summed E-state index contributed by atoms with van der Waals surface area (Å²) in [4.78, 5) is 13.3. The largest absolute Gasteiger partial charge is 0.381 e. The SMILES string of the molecule is O=C(NC1CCCC1)C1(Cc2cccc(-c3ccc(F)c(F)c3)c2)CCOCC1. The van der Waals surface area contributed by atoms with E-state index in [9.17, 15) is 13.6 Å². The van der Waals surface area contributed by atoms with Gasteiger partial charge < -0.3 is 10.1 Å². The molecule has 5 heteroatoms. The summed E-state index contributed by atoms with van der Waals surface area (Å²) in [5.74, 6) is -1.58. The van der Waals surface area contributed by atoms with Gasteiger partial charge in [-0.2, -0.15) is 0 Å². The van der Waals surface area contributed by atoms with Crippen LogP contribution in [0.5, 0.6) is 0 Å². The number of hydrogen-bond donors (Lipinski definition) is 1. The zero-order valence-electron chi connectivity index (χ0n) is 16.6. The van der Waals surface area contributed by atoms with Gasteiger partial charge in [0.1, 0.15) is 0 Å². The fourth-order valence-corrected chi connectivity index (χ4v) is 4.58. The van der Waals surface area contributed by atoms with Gasteiger partial charge >= 0.3 is 0 Å². The Balaban J connectivity index is 1.57. The van der Waals surface area contributed by atoms with Crippen molar-refractivity contribution in [1.82, 2.24) is 5.32 Å². The van der Waals surface area contributed by atoms with Gasteiger partial charge in [0, 0.05) is 19.3 Å². The molecule has 1 heterocycles. The van der Waals surface area contributed by atoms with Crippen molar-refractivity contribution >= 4 is 5.91 Å². The van der Waals surface area contributed by atoms with Crippen LogP contribution in [0.15, 0.2) is 42.5 Å². The molecular formula is C24H27F2NO2. The highest BCUT2D eigenvalue weighted by atomic mass is 19.2. The molecule has 1 N–H and O–H groups in total. The molecule has 154 valence electrons. The van der Waals surface area contributed by atoms with Crippen LogP contribution in [0, 0.1) is 17.0 Å². The second kappa shape index (κ2) is 8.62. The van der Waals surface area contributed by atoms with E-state index in [1.807, 2.05) is 24.3 Å². The van der Waals surface area contributed by atoms with Crippen LogP contribution in [-0.4, -0.2) is 25.2 Å². The smallest absolute Gasteiger partial charge is 0.226 e. The highest BCUT2D eigenvalue weighted by Gasteiger charge is 2.41. The summed E-state index contributed by atoms with van der Waals surface area (Å²) >= 11 is 0. The lowest BCUT2D eigenvalue weighted by Crippen LogP contribution is -2.48. The van der Waals surface area contributed by atoms with E-state index in [-0.39, 0.29) is 11.9 Å². The predicted octanol–water partition coefficient (Wildman–Crippen LogP) is 5.03. The minimum absolute atomic E-state index is 0.130. The summed E-state index contributed by atoms with van der Waals surface area (Å²) in [7, 11) is 0. The quantitative estimate of drug-likeness (QED) is 0.766. The monoisotopic (exact) mass is 399 g/mol. The van der Waals surface area contributed by atoms with Crippen molar-refractivity contribution in [3.63, 3.8) is 0 Å². The molecule has 0 bridgehead atoms. The third-order valence-corrected chi connectivity index (χ3v) is 6.34. The maximum Gasteiger partial charge on any atom is 0.226 e. The Morgan fingerprint density at radius 3 is 2.45 bits per heavy atom. The fourth-order valence-electron chi connectivity index (χ4n) is 4.58. The maximum absolute atomic E-state index is 13.7. The molecule has 0 unspecified atom stereocenters. The van der Waals surface area contributed by atoms with Crippen molar-refractivity contribution < 1.29 is 18.3 Å². The molecule has 1 saturated carbocycles. The van der Waals surface area contributed by atoms with Crippen LogP contribution < -0.4 is 5.32 Å². The van der Waals surface area contributed by atoms with E-state index >= 15 is 0 Å². The molecule has 2 aromatic rings. The van der Waals surface area contributed by atoms with Crippen molar-refractivity contribution in [2.75, 3.05) is 13.2 Å². The number of carbonyl (C=O) groups excluding carboxylic acids is 1. The van der Waals surface area contributed by atoms with Crippen molar-refractivity contribution in [3.8, 4) is 11.1 Å². The summed E-state index contributed by atoms with van der Waals surface area (Å²) in [6, 6.07) is 12.0. The van der Waals surface area contributed by atoms with Crippen LogP contribution in [0.3, 0.4) is 0 Å². The number of amides is 1. The molecule has 2 aliphatic rings. The first-order chi connectivity index (χ1) is 14.1.